The number of thiophene rings is 1. The molecule has 4 atom stereocenters. The highest BCUT2D eigenvalue weighted by Gasteiger charge is 2.50. The van der Waals surface area contributed by atoms with E-state index in [1.807, 2.05) is 24.3 Å². The van der Waals surface area contributed by atoms with Gasteiger partial charge in [0, 0.05) is 36.2 Å². The Hall–Kier alpha value is -4.32. The molecule has 226 valence electrons. The molecule has 2 aromatic carbocycles. The molecular weight excluding hydrogens is 578 g/mol. The number of nitrogens with zero attached hydrogens (tertiary/aromatic N) is 1. The van der Waals surface area contributed by atoms with Gasteiger partial charge in [-0.15, -0.1) is 11.3 Å². The molecule has 2 heterocycles. The van der Waals surface area contributed by atoms with Crippen molar-refractivity contribution < 1.29 is 48.3 Å². The van der Waals surface area contributed by atoms with Crippen molar-refractivity contribution >= 4 is 45.1 Å². The molecule has 3 aliphatic rings. The minimum atomic E-state index is -0.931. The van der Waals surface area contributed by atoms with Gasteiger partial charge in [-0.05, 0) is 53.6 Å². The quantitative estimate of drug-likeness (QED) is 0.213. The summed E-state index contributed by atoms with van der Waals surface area (Å²) in [6, 6.07) is 9.15. The van der Waals surface area contributed by atoms with Gasteiger partial charge in [-0.1, -0.05) is 0 Å². The number of methoxy groups -OCH3 is 2. The lowest BCUT2D eigenvalue weighted by Gasteiger charge is -2.14. The number of rotatable bonds is 13. The third kappa shape index (κ3) is 5.71. The summed E-state index contributed by atoms with van der Waals surface area (Å²) >= 11 is 1.32. The van der Waals surface area contributed by atoms with Gasteiger partial charge < -0.3 is 34.1 Å². The Balaban J connectivity index is 1.04. The van der Waals surface area contributed by atoms with E-state index in [1.165, 1.54) is 11.3 Å². The van der Waals surface area contributed by atoms with Crippen molar-refractivity contribution in [3.05, 3.63) is 46.3 Å². The summed E-state index contributed by atoms with van der Waals surface area (Å²) in [5.41, 5.74) is 1.90. The van der Waals surface area contributed by atoms with Crippen molar-refractivity contribution in [2.24, 2.45) is 23.7 Å². The maximum Gasteiger partial charge on any atom is 0.307 e. The van der Waals surface area contributed by atoms with E-state index in [-0.39, 0.29) is 11.7 Å². The van der Waals surface area contributed by atoms with Gasteiger partial charge in [-0.25, -0.2) is 0 Å². The van der Waals surface area contributed by atoms with Crippen LogP contribution in [0.2, 0.25) is 0 Å². The van der Waals surface area contributed by atoms with Crippen molar-refractivity contribution in [2.45, 2.75) is 32.4 Å². The van der Waals surface area contributed by atoms with Crippen LogP contribution in [0.3, 0.4) is 0 Å². The second-order valence-electron chi connectivity index (χ2n) is 11.1. The monoisotopic (exact) mass is 609 g/mol. The average molecular weight is 610 g/mol. The van der Waals surface area contributed by atoms with Gasteiger partial charge in [0.25, 0.3) is 0 Å². The van der Waals surface area contributed by atoms with Crippen LogP contribution in [0.25, 0.3) is 10.1 Å². The number of hydrogen-bond acceptors (Lipinski definition) is 9. The van der Waals surface area contributed by atoms with E-state index >= 15 is 0 Å². The largest absolute Gasteiger partial charge is 0.493 e. The molecule has 1 amide bonds. The SMILES string of the molecule is COc1cc2c(cc1OCCCOc1cc3cc(C(=O)[C@@H]4C[C@H]4C(=O)O)sc3cc1OC)CN(C(=O)[C@@H]1C[C@H]1C(=O)O)C2. The second kappa shape index (κ2) is 11.4. The number of ketones is 1. The van der Waals surface area contributed by atoms with Gasteiger partial charge in [0.05, 0.1) is 50.1 Å². The van der Waals surface area contributed by atoms with Crippen LogP contribution in [0.4, 0.5) is 0 Å². The zero-order chi connectivity index (χ0) is 30.4. The molecule has 0 saturated heterocycles. The Labute approximate surface area is 250 Å². The number of carbonyl (C=O) groups is 4. The molecule has 1 aliphatic heterocycles. The average Bonchev–Trinajstić information content (AvgIpc) is 3.89. The number of carbonyl (C=O) groups excluding carboxylic acids is 2. The first-order valence-electron chi connectivity index (χ1n) is 14.0. The first-order valence-corrected chi connectivity index (χ1v) is 14.9. The number of carboxylic acids is 2. The number of aliphatic carboxylic acids is 2. The number of fused-ring (bicyclic) bond motifs is 2. The maximum atomic E-state index is 12.7. The predicted molar refractivity (Wildman–Crippen MR) is 154 cm³/mol. The first kappa shape index (κ1) is 28.8. The summed E-state index contributed by atoms with van der Waals surface area (Å²) in [5.74, 6) is -2.02. The molecule has 2 fully saturated rings. The summed E-state index contributed by atoms with van der Waals surface area (Å²) < 4.78 is 23.9. The number of Topliss-reactive ketones (excluding diaryl/α,β-unsaturated/α-hetero) is 1. The van der Waals surface area contributed by atoms with Crippen LogP contribution in [0.5, 0.6) is 23.0 Å². The van der Waals surface area contributed by atoms with Gasteiger partial charge >= 0.3 is 11.9 Å². The Bertz CT molecular complexity index is 1630. The van der Waals surface area contributed by atoms with Crippen molar-refractivity contribution in [3.63, 3.8) is 0 Å². The van der Waals surface area contributed by atoms with Crippen molar-refractivity contribution in [1.29, 1.82) is 0 Å². The third-order valence-corrected chi connectivity index (χ3v) is 9.35. The minimum Gasteiger partial charge on any atom is -0.493 e. The number of carboxylic acid groups (broad SMARTS) is 2. The van der Waals surface area contributed by atoms with E-state index in [0.29, 0.717) is 73.4 Å². The molecule has 2 aliphatic carbocycles. The fourth-order valence-corrected chi connectivity index (χ4v) is 6.69. The molecule has 43 heavy (non-hydrogen) atoms. The number of benzene rings is 2. The van der Waals surface area contributed by atoms with E-state index in [9.17, 15) is 19.2 Å². The van der Waals surface area contributed by atoms with Gasteiger partial charge in [0.2, 0.25) is 5.91 Å². The van der Waals surface area contributed by atoms with Crippen LogP contribution in [0.15, 0.2) is 30.3 Å². The van der Waals surface area contributed by atoms with Crippen LogP contribution in [-0.4, -0.2) is 66.2 Å². The fraction of sp³-hybridized carbons (Fsp3) is 0.419. The molecule has 0 unspecified atom stereocenters. The van der Waals surface area contributed by atoms with Gasteiger partial charge in [-0.2, -0.15) is 0 Å². The van der Waals surface area contributed by atoms with Crippen LogP contribution in [-0.2, 0) is 27.5 Å². The van der Waals surface area contributed by atoms with Crippen LogP contribution in [0.1, 0.15) is 40.1 Å². The summed E-state index contributed by atoms with van der Waals surface area (Å²) in [7, 11) is 3.10. The molecule has 6 rings (SSSR count). The Kier molecular flexibility index (Phi) is 7.63. The lowest BCUT2D eigenvalue weighted by molar-refractivity contribution is -0.142. The van der Waals surface area contributed by atoms with Crippen LogP contribution >= 0.6 is 11.3 Å². The lowest BCUT2D eigenvalue weighted by atomic mass is 10.1. The molecule has 1 aromatic heterocycles. The first-order chi connectivity index (χ1) is 20.7. The smallest absolute Gasteiger partial charge is 0.307 e. The van der Waals surface area contributed by atoms with Gasteiger partial charge in [0.1, 0.15) is 0 Å². The molecule has 3 aromatic rings. The predicted octanol–water partition coefficient (Wildman–Crippen LogP) is 4.23. The minimum absolute atomic E-state index is 0.129. The van der Waals surface area contributed by atoms with E-state index in [0.717, 1.165) is 21.2 Å². The van der Waals surface area contributed by atoms with Gasteiger partial charge in [-0.3, -0.25) is 19.2 Å². The van der Waals surface area contributed by atoms with Gasteiger partial charge in [0.15, 0.2) is 28.8 Å². The maximum absolute atomic E-state index is 12.7. The highest BCUT2D eigenvalue weighted by atomic mass is 32.1. The standard InChI is InChI=1S/C31H31NO10S/c1-39-22-7-16-13-32(29(34)19-11-21(19)31(37)38)14-17(16)8-25(22)42-5-3-4-41-24-6-15-9-27(43-26(15)12-23(24)40-2)28(33)18-10-20(18)30(35)36/h6-9,12,18-21H,3-5,10-11,13-14H2,1-2H3,(H,35,36)(H,37,38)/t18-,19-,20-,21-/m1/s1. The van der Waals surface area contributed by atoms with Crippen LogP contribution in [0, 0.1) is 23.7 Å². The van der Waals surface area contributed by atoms with Crippen molar-refractivity contribution in [3.8, 4) is 23.0 Å². The molecule has 0 radical (unpaired) electrons. The van der Waals surface area contributed by atoms with E-state index in [4.69, 9.17) is 29.2 Å². The number of ether oxygens (including phenoxy) is 4. The fourth-order valence-electron chi connectivity index (χ4n) is 5.61. The third-order valence-electron chi connectivity index (χ3n) is 8.24. The zero-order valence-electron chi connectivity index (χ0n) is 23.7. The molecule has 2 saturated carbocycles. The van der Waals surface area contributed by atoms with E-state index in [2.05, 4.69) is 0 Å². The van der Waals surface area contributed by atoms with Crippen molar-refractivity contribution in [2.75, 3.05) is 27.4 Å². The number of amides is 1. The summed E-state index contributed by atoms with van der Waals surface area (Å²) in [5, 5.41) is 19.1. The Morgan fingerprint density at radius 2 is 1.33 bits per heavy atom. The molecule has 0 bridgehead atoms. The van der Waals surface area contributed by atoms with Crippen molar-refractivity contribution in [1.82, 2.24) is 4.90 Å². The highest BCUT2D eigenvalue weighted by molar-refractivity contribution is 7.20. The van der Waals surface area contributed by atoms with E-state index < -0.39 is 35.6 Å². The summed E-state index contributed by atoms with van der Waals surface area (Å²) in [6.45, 7) is 1.49. The normalized spacial score (nSPS) is 21.7. The molecular formula is C31H31NO10S. The van der Waals surface area contributed by atoms with Crippen LogP contribution < -0.4 is 18.9 Å². The highest BCUT2D eigenvalue weighted by Crippen LogP contribution is 2.45. The molecule has 2 N–H and O–H groups in total. The lowest BCUT2D eigenvalue weighted by Crippen LogP contribution is -2.28. The Morgan fingerprint density at radius 1 is 0.767 bits per heavy atom. The molecule has 11 nitrogen and oxygen atoms in total. The summed E-state index contributed by atoms with van der Waals surface area (Å²) in [6.07, 6.45) is 1.33. The van der Waals surface area contributed by atoms with E-state index in [1.54, 1.807) is 25.2 Å². The Morgan fingerprint density at radius 3 is 1.91 bits per heavy atom. The number of hydrogen-bond donors (Lipinski definition) is 2. The zero-order valence-corrected chi connectivity index (χ0v) is 24.5. The topological polar surface area (TPSA) is 149 Å². The molecule has 0 spiro atoms. The molecule has 12 heteroatoms. The second-order valence-corrected chi connectivity index (χ2v) is 12.2. The summed E-state index contributed by atoms with van der Waals surface area (Å²) in [4.78, 5) is 50.0.